The predicted molar refractivity (Wildman–Crippen MR) is 112 cm³/mol. The van der Waals surface area contributed by atoms with Gasteiger partial charge in [0.05, 0.1) is 0 Å². The molecule has 2 aromatic rings. The van der Waals surface area contributed by atoms with Gasteiger partial charge in [0.25, 0.3) is 6.26 Å². The largest absolute Gasteiger partial charge is 0.507 e. The fourth-order valence-corrected chi connectivity index (χ4v) is 3.50. The van der Waals surface area contributed by atoms with Crippen molar-refractivity contribution in [3.63, 3.8) is 0 Å². The number of aromatic hydroxyl groups is 2. The molecule has 4 heteroatoms. The van der Waals surface area contributed by atoms with Crippen LogP contribution in [0, 0.1) is 25.4 Å². The van der Waals surface area contributed by atoms with Crippen LogP contribution in [0.15, 0.2) is 24.3 Å². The van der Waals surface area contributed by atoms with Crippen molar-refractivity contribution in [1.29, 1.82) is 5.26 Å². The number of rotatable bonds is 3. The van der Waals surface area contributed by atoms with Crippen molar-refractivity contribution in [2.45, 2.75) is 72.3 Å². The monoisotopic (exact) mass is 381 g/mol. The summed E-state index contributed by atoms with van der Waals surface area (Å²) in [7, 11) is 0. The molecular formula is C24H31NO3. The van der Waals surface area contributed by atoms with Gasteiger partial charge in [-0.1, -0.05) is 64.8 Å². The van der Waals surface area contributed by atoms with E-state index in [1.807, 2.05) is 79.7 Å². The maximum Gasteiger partial charge on any atom is 0.287 e. The average molecular weight is 382 g/mol. The highest BCUT2D eigenvalue weighted by Crippen LogP contribution is 2.44. The Kier molecular flexibility index (Phi) is 5.71. The lowest BCUT2D eigenvalue weighted by atomic mass is 9.81. The molecule has 0 aromatic heterocycles. The maximum atomic E-state index is 11.0. The number of nitrogens with zero attached hydrogens (tertiary/aromatic N) is 1. The third-order valence-electron chi connectivity index (χ3n) is 4.92. The standard InChI is InChI=1S/C24H31NO3/c1-14-9-16(20(26)18(11-14)23(3,4)5)22(28-13-25)17-10-15(2)12-19(21(17)27)24(6,7)8/h9-12,22,26-27H,1-8H3. The van der Waals surface area contributed by atoms with Gasteiger partial charge in [-0.25, -0.2) is 0 Å². The highest BCUT2D eigenvalue weighted by molar-refractivity contribution is 5.55. The van der Waals surface area contributed by atoms with Gasteiger partial charge in [-0.2, -0.15) is 5.26 Å². The van der Waals surface area contributed by atoms with Crippen LogP contribution in [0.4, 0.5) is 0 Å². The average Bonchev–Trinajstić information content (AvgIpc) is 2.54. The first-order valence-electron chi connectivity index (χ1n) is 9.50. The van der Waals surface area contributed by atoms with E-state index in [-0.39, 0.29) is 22.3 Å². The highest BCUT2D eigenvalue weighted by atomic mass is 16.5. The molecule has 2 N–H and O–H groups in total. The van der Waals surface area contributed by atoms with Gasteiger partial charge in [-0.05, 0) is 47.9 Å². The summed E-state index contributed by atoms with van der Waals surface area (Å²) < 4.78 is 5.41. The molecule has 0 saturated heterocycles. The lowest BCUT2D eigenvalue weighted by Gasteiger charge is -2.27. The topological polar surface area (TPSA) is 73.5 Å². The number of hydrogen-bond donors (Lipinski definition) is 2. The number of hydrogen-bond acceptors (Lipinski definition) is 4. The van der Waals surface area contributed by atoms with Crippen molar-refractivity contribution in [1.82, 2.24) is 0 Å². The maximum absolute atomic E-state index is 11.0. The van der Waals surface area contributed by atoms with E-state index in [1.54, 1.807) is 6.26 Å². The third-order valence-corrected chi connectivity index (χ3v) is 4.92. The van der Waals surface area contributed by atoms with Gasteiger partial charge in [0.1, 0.15) is 11.5 Å². The van der Waals surface area contributed by atoms with E-state index < -0.39 is 6.10 Å². The summed E-state index contributed by atoms with van der Waals surface area (Å²) in [6.45, 7) is 16.0. The predicted octanol–water partition coefficient (Wildman–Crippen LogP) is 5.90. The summed E-state index contributed by atoms with van der Waals surface area (Å²) in [6.07, 6.45) is 0.856. The molecule has 0 unspecified atom stereocenters. The van der Waals surface area contributed by atoms with Crippen LogP contribution in [-0.4, -0.2) is 10.2 Å². The summed E-state index contributed by atoms with van der Waals surface area (Å²) in [4.78, 5) is 0. The van der Waals surface area contributed by atoms with Crippen LogP contribution in [-0.2, 0) is 15.6 Å². The van der Waals surface area contributed by atoms with Crippen LogP contribution < -0.4 is 0 Å². The first kappa shape index (κ1) is 21.6. The second-order valence-corrected chi connectivity index (χ2v) is 9.59. The minimum Gasteiger partial charge on any atom is -0.507 e. The molecule has 0 radical (unpaired) electrons. The normalized spacial score (nSPS) is 12.1. The van der Waals surface area contributed by atoms with E-state index in [9.17, 15) is 15.5 Å². The van der Waals surface area contributed by atoms with Crippen molar-refractivity contribution < 1.29 is 14.9 Å². The fourth-order valence-electron chi connectivity index (χ4n) is 3.50. The van der Waals surface area contributed by atoms with Crippen LogP contribution in [0.1, 0.15) is 81.0 Å². The van der Waals surface area contributed by atoms with Crippen LogP contribution in [0.25, 0.3) is 0 Å². The van der Waals surface area contributed by atoms with Gasteiger partial charge in [0, 0.05) is 11.1 Å². The number of benzene rings is 2. The fraction of sp³-hybridized carbons (Fsp3) is 0.458. The smallest absolute Gasteiger partial charge is 0.287 e. The van der Waals surface area contributed by atoms with Crippen molar-refractivity contribution in [2.75, 3.05) is 0 Å². The van der Waals surface area contributed by atoms with Crippen LogP contribution in [0.2, 0.25) is 0 Å². The van der Waals surface area contributed by atoms with Gasteiger partial charge in [-0.15, -0.1) is 0 Å². The molecular weight excluding hydrogens is 350 g/mol. The van der Waals surface area contributed by atoms with Crippen molar-refractivity contribution in [2.24, 2.45) is 0 Å². The summed E-state index contributed by atoms with van der Waals surface area (Å²) in [5.74, 6) is 0.188. The second kappa shape index (κ2) is 7.39. The molecule has 0 amide bonds. The summed E-state index contributed by atoms with van der Waals surface area (Å²) in [5, 5.41) is 31.4. The number of aryl methyl sites for hydroxylation is 2. The highest BCUT2D eigenvalue weighted by Gasteiger charge is 2.30. The quantitative estimate of drug-likeness (QED) is 0.650. The Hall–Kier alpha value is -2.67. The molecule has 28 heavy (non-hydrogen) atoms. The van der Waals surface area contributed by atoms with E-state index in [2.05, 4.69) is 0 Å². The molecule has 0 saturated carbocycles. The zero-order chi connectivity index (χ0) is 21.4. The van der Waals surface area contributed by atoms with E-state index in [4.69, 9.17) is 4.74 Å². The van der Waals surface area contributed by atoms with Gasteiger partial charge < -0.3 is 14.9 Å². The number of nitriles is 1. The Morgan fingerprint density at radius 1 is 0.786 bits per heavy atom. The molecule has 2 aromatic carbocycles. The minimum absolute atomic E-state index is 0.0940. The Morgan fingerprint density at radius 3 is 1.43 bits per heavy atom. The first-order valence-corrected chi connectivity index (χ1v) is 9.50. The van der Waals surface area contributed by atoms with Gasteiger partial charge >= 0.3 is 0 Å². The molecule has 0 heterocycles. The SMILES string of the molecule is Cc1cc(C(OC#N)c2cc(C)cc(C(C)(C)C)c2O)c(O)c(C(C)(C)C)c1. The molecule has 0 aliphatic carbocycles. The zero-order valence-electron chi connectivity index (χ0n) is 18.1. The zero-order valence-corrected chi connectivity index (χ0v) is 18.1. The molecule has 4 nitrogen and oxygen atoms in total. The van der Waals surface area contributed by atoms with Gasteiger partial charge in [-0.3, -0.25) is 0 Å². The Labute approximate surface area is 168 Å². The van der Waals surface area contributed by atoms with Gasteiger partial charge in [0.15, 0.2) is 6.10 Å². The lowest BCUT2D eigenvalue weighted by molar-refractivity contribution is 0.193. The van der Waals surface area contributed by atoms with E-state index in [0.29, 0.717) is 11.1 Å². The van der Waals surface area contributed by atoms with E-state index >= 15 is 0 Å². The van der Waals surface area contributed by atoms with Crippen molar-refractivity contribution in [3.8, 4) is 17.8 Å². The molecule has 0 fully saturated rings. The molecule has 150 valence electrons. The molecule has 0 spiro atoms. The number of phenols is 2. The molecule has 0 aliphatic heterocycles. The van der Waals surface area contributed by atoms with Crippen molar-refractivity contribution >= 4 is 0 Å². The van der Waals surface area contributed by atoms with Crippen LogP contribution >= 0.6 is 0 Å². The number of phenolic OH excluding ortho intramolecular Hbond substituents is 2. The minimum atomic E-state index is -0.896. The Morgan fingerprint density at radius 2 is 1.14 bits per heavy atom. The Bertz CT molecular complexity index is 855. The first-order chi connectivity index (χ1) is 12.8. The molecule has 0 aliphatic rings. The van der Waals surface area contributed by atoms with Gasteiger partial charge in [0.2, 0.25) is 0 Å². The van der Waals surface area contributed by atoms with E-state index in [1.165, 1.54) is 0 Å². The van der Waals surface area contributed by atoms with Crippen molar-refractivity contribution in [3.05, 3.63) is 57.6 Å². The summed E-state index contributed by atoms with van der Waals surface area (Å²) in [6, 6.07) is 7.51. The number of ether oxygens (including phenoxy) is 1. The third kappa shape index (κ3) is 4.25. The summed E-state index contributed by atoms with van der Waals surface area (Å²) in [5.41, 5.74) is 3.84. The van der Waals surface area contributed by atoms with Crippen LogP contribution in [0.5, 0.6) is 11.5 Å². The molecule has 0 atom stereocenters. The molecule has 0 bridgehead atoms. The van der Waals surface area contributed by atoms with E-state index in [0.717, 1.165) is 22.3 Å². The molecule has 2 rings (SSSR count). The van der Waals surface area contributed by atoms with Crippen LogP contribution in [0.3, 0.4) is 0 Å². The lowest BCUT2D eigenvalue weighted by Crippen LogP contribution is -2.16. The second-order valence-electron chi connectivity index (χ2n) is 9.59. The summed E-state index contributed by atoms with van der Waals surface area (Å²) >= 11 is 0. The Balaban J connectivity index is 2.82.